The normalized spacial score (nSPS) is 10.4. The van der Waals surface area contributed by atoms with Gasteiger partial charge < -0.3 is 10.5 Å². The van der Waals surface area contributed by atoms with E-state index >= 15 is 0 Å². The molecule has 0 aliphatic rings. The summed E-state index contributed by atoms with van der Waals surface area (Å²) in [4.78, 5) is 15.2. The lowest BCUT2D eigenvalue weighted by atomic mass is 10.3. The third-order valence-electron chi connectivity index (χ3n) is 2.02. The number of aromatic nitrogens is 2. The molecular formula is C9H9N3O2. The molecule has 0 atom stereocenters. The molecule has 0 unspecified atom stereocenters. The number of nitrogens with zero attached hydrogens (tertiary/aromatic N) is 2. The Bertz CT molecular complexity index is 490. The van der Waals surface area contributed by atoms with Gasteiger partial charge in [-0.25, -0.2) is 4.79 Å². The lowest BCUT2D eigenvalue weighted by Crippen LogP contribution is -2.04. The van der Waals surface area contributed by atoms with E-state index in [1.165, 1.54) is 7.11 Å². The van der Waals surface area contributed by atoms with Crippen LogP contribution in [0, 0.1) is 0 Å². The summed E-state index contributed by atoms with van der Waals surface area (Å²) in [6.45, 7) is 0. The van der Waals surface area contributed by atoms with E-state index in [9.17, 15) is 4.79 Å². The van der Waals surface area contributed by atoms with Gasteiger partial charge in [0.15, 0.2) is 0 Å². The molecule has 0 fully saturated rings. The highest BCUT2D eigenvalue weighted by Crippen LogP contribution is 2.18. The number of nitrogens with two attached hydrogens (primary N) is 1. The van der Waals surface area contributed by atoms with Crippen molar-refractivity contribution in [2.45, 2.75) is 0 Å². The number of rotatable bonds is 1. The smallest absolute Gasteiger partial charge is 0.341 e. The summed E-state index contributed by atoms with van der Waals surface area (Å²) in [5.41, 5.74) is 6.88. The fourth-order valence-corrected chi connectivity index (χ4v) is 1.32. The number of carbonyl (C=O) groups is 1. The van der Waals surface area contributed by atoms with Gasteiger partial charge in [0.25, 0.3) is 0 Å². The maximum Gasteiger partial charge on any atom is 0.341 e. The molecule has 0 aliphatic heterocycles. The summed E-state index contributed by atoms with van der Waals surface area (Å²) < 4.78 is 6.27. The molecule has 0 spiro atoms. The minimum atomic E-state index is -0.439. The first-order valence-electron chi connectivity index (χ1n) is 4.03. The van der Waals surface area contributed by atoms with Gasteiger partial charge in [0, 0.05) is 12.4 Å². The van der Waals surface area contributed by atoms with Gasteiger partial charge in [-0.05, 0) is 6.07 Å². The summed E-state index contributed by atoms with van der Waals surface area (Å²) in [6, 6.07) is 1.65. The predicted molar refractivity (Wildman–Crippen MR) is 50.9 cm³/mol. The van der Waals surface area contributed by atoms with Gasteiger partial charge in [0.05, 0.1) is 18.8 Å². The number of methoxy groups -OCH3 is 1. The summed E-state index contributed by atoms with van der Waals surface area (Å²) in [5, 5.41) is 0. The maximum absolute atomic E-state index is 11.3. The Morgan fingerprint density at radius 1 is 1.64 bits per heavy atom. The Balaban J connectivity index is 2.68. The molecule has 2 heterocycles. The molecule has 0 saturated heterocycles. The monoisotopic (exact) mass is 191 g/mol. The van der Waals surface area contributed by atoms with Crippen molar-refractivity contribution in [1.82, 2.24) is 9.38 Å². The highest BCUT2D eigenvalue weighted by atomic mass is 16.5. The Labute approximate surface area is 80.1 Å². The topological polar surface area (TPSA) is 69.6 Å². The molecule has 5 heteroatoms. The molecule has 0 saturated carbocycles. The number of nitrogen functional groups attached to an aromatic ring is 1. The molecule has 2 rings (SSSR count). The molecule has 2 aromatic rings. The zero-order valence-electron chi connectivity index (χ0n) is 7.60. The van der Waals surface area contributed by atoms with Gasteiger partial charge >= 0.3 is 5.97 Å². The van der Waals surface area contributed by atoms with Gasteiger partial charge in [0.2, 0.25) is 0 Å². The number of hydrogen-bond donors (Lipinski definition) is 1. The fourth-order valence-electron chi connectivity index (χ4n) is 1.32. The van der Waals surface area contributed by atoms with E-state index in [0.717, 1.165) is 5.52 Å². The number of carbonyl (C=O) groups excluding carboxylic acids is 1. The van der Waals surface area contributed by atoms with E-state index in [0.29, 0.717) is 11.4 Å². The van der Waals surface area contributed by atoms with Crippen LogP contribution in [0.15, 0.2) is 24.7 Å². The van der Waals surface area contributed by atoms with Crippen LogP contribution >= 0.6 is 0 Å². The van der Waals surface area contributed by atoms with Crippen molar-refractivity contribution >= 4 is 17.3 Å². The van der Waals surface area contributed by atoms with Crippen molar-refractivity contribution in [2.24, 2.45) is 0 Å². The number of esters is 1. The van der Waals surface area contributed by atoms with Crippen molar-refractivity contribution < 1.29 is 9.53 Å². The quantitative estimate of drug-likeness (QED) is 0.674. The number of ether oxygens (including phenoxy) is 1. The lowest BCUT2D eigenvalue weighted by molar-refractivity contribution is 0.0602. The molecule has 5 nitrogen and oxygen atoms in total. The van der Waals surface area contributed by atoms with E-state index in [1.807, 2.05) is 0 Å². The Morgan fingerprint density at radius 2 is 2.43 bits per heavy atom. The summed E-state index contributed by atoms with van der Waals surface area (Å²) in [6.07, 6.45) is 4.92. The van der Waals surface area contributed by atoms with Crippen LogP contribution in [0.4, 0.5) is 5.82 Å². The Morgan fingerprint density at radius 3 is 3.07 bits per heavy atom. The SMILES string of the molecule is COC(=O)c1cc2cnccn2c1N. The third kappa shape index (κ3) is 1.10. The van der Waals surface area contributed by atoms with E-state index in [-0.39, 0.29) is 0 Å². The van der Waals surface area contributed by atoms with Gasteiger partial charge in [-0.15, -0.1) is 0 Å². The lowest BCUT2D eigenvalue weighted by Gasteiger charge is -1.97. The molecule has 0 aromatic carbocycles. The van der Waals surface area contributed by atoms with Crippen LogP contribution in [0.5, 0.6) is 0 Å². The highest BCUT2D eigenvalue weighted by molar-refractivity contribution is 5.96. The van der Waals surface area contributed by atoms with Crippen molar-refractivity contribution in [3.8, 4) is 0 Å². The van der Waals surface area contributed by atoms with Crippen LogP contribution in [0.3, 0.4) is 0 Å². The molecule has 14 heavy (non-hydrogen) atoms. The number of fused-ring (bicyclic) bond motifs is 1. The molecule has 0 bridgehead atoms. The standard InChI is InChI=1S/C9H9N3O2/c1-14-9(13)7-4-6-5-11-2-3-12(6)8(7)10/h2-5H,10H2,1H3. The molecule has 72 valence electrons. The minimum absolute atomic E-state index is 0.362. The van der Waals surface area contributed by atoms with Crippen LogP contribution in [0.1, 0.15) is 10.4 Å². The van der Waals surface area contributed by atoms with E-state index in [2.05, 4.69) is 9.72 Å². The van der Waals surface area contributed by atoms with Gasteiger partial charge in [-0.3, -0.25) is 9.38 Å². The second-order valence-corrected chi connectivity index (χ2v) is 2.81. The molecule has 0 amide bonds. The number of hydrogen-bond acceptors (Lipinski definition) is 4. The van der Waals surface area contributed by atoms with E-state index < -0.39 is 5.97 Å². The fraction of sp³-hybridized carbons (Fsp3) is 0.111. The van der Waals surface area contributed by atoms with Gasteiger partial charge in [0.1, 0.15) is 11.4 Å². The van der Waals surface area contributed by atoms with Crippen molar-refractivity contribution in [2.75, 3.05) is 12.8 Å². The van der Waals surface area contributed by atoms with Crippen LogP contribution in [0.2, 0.25) is 0 Å². The zero-order chi connectivity index (χ0) is 10.1. The molecule has 2 N–H and O–H groups in total. The second kappa shape index (κ2) is 3.02. The average molecular weight is 191 g/mol. The highest BCUT2D eigenvalue weighted by Gasteiger charge is 2.14. The Kier molecular flexibility index (Phi) is 1.85. The van der Waals surface area contributed by atoms with Crippen LogP contribution in [0.25, 0.3) is 5.52 Å². The summed E-state index contributed by atoms with van der Waals surface area (Å²) in [5.74, 6) is -0.0690. The maximum atomic E-state index is 11.3. The van der Waals surface area contributed by atoms with Crippen LogP contribution < -0.4 is 5.73 Å². The van der Waals surface area contributed by atoms with Gasteiger partial charge in [-0.1, -0.05) is 0 Å². The summed E-state index contributed by atoms with van der Waals surface area (Å²) >= 11 is 0. The van der Waals surface area contributed by atoms with Crippen molar-refractivity contribution in [1.29, 1.82) is 0 Å². The largest absolute Gasteiger partial charge is 0.465 e. The van der Waals surface area contributed by atoms with Gasteiger partial charge in [-0.2, -0.15) is 0 Å². The number of anilines is 1. The van der Waals surface area contributed by atoms with Crippen molar-refractivity contribution in [3.05, 3.63) is 30.2 Å². The average Bonchev–Trinajstić information content (AvgIpc) is 2.56. The van der Waals surface area contributed by atoms with Crippen LogP contribution in [-0.2, 0) is 4.74 Å². The molecule has 2 aromatic heterocycles. The Hall–Kier alpha value is -2.04. The first kappa shape index (κ1) is 8.55. The van der Waals surface area contributed by atoms with Crippen molar-refractivity contribution in [3.63, 3.8) is 0 Å². The molecule has 0 radical (unpaired) electrons. The first-order valence-corrected chi connectivity index (χ1v) is 4.03. The molecule has 0 aliphatic carbocycles. The predicted octanol–water partition coefficient (Wildman–Crippen LogP) is 0.703. The van der Waals surface area contributed by atoms with E-state index in [1.54, 1.807) is 29.1 Å². The third-order valence-corrected chi connectivity index (χ3v) is 2.02. The minimum Gasteiger partial charge on any atom is -0.465 e. The first-order chi connectivity index (χ1) is 6.74. The summed E-state index contributed by atoms with van der Waals surface area (Å²) in [7, 11) is 1.32. The van der Waals surface area contributed by atoms with E-state index in [4.69, 9.17) is 5.73 Å². The van der Waals surface area contributed by atoms with Crippen LogP contribution in [-0.4, -0.2) is 22.5 Å². The zero-order valence-corrected chi connectivity index (χ0v) is 7.60. The molecular weight excluding hydrogens is 182 g/mol. The second-order valence-electron chi connectivity index (χ2n) is 2.81.